The van der Waals surface area contributed by atoms with E-state index in [4.69, 9.17) is 0 Å². The highest BCUT2D eigenvalue weighted by Gasteiger charge is 1.99. The Bertz CT molecular complexity index is 325. The molecule has 13 heavy (non-hydrogen) atoms. The third-order valence-corrected chi connectivity index (χ3v) is 1.80. The normalized spacial score (nSPS) is 10.8. The summed E-state index contributed by atoms with van der Waals surface area (Å²) in [4.78, 5) is 9.59. The van der Waals surface area contributed by atoms with Gasteiger partial charge in [0, 0.05) is 26.4 Å². The summed E-state index contributed by atoms with van der Waals surface area (Å²) < 4.78 is 13.3. The molecular weight excluding hydrogens is 237 g/mol. The zero-order chi connectivity index (χ0) is 9.84. The summed E-state index contributed by atoms with van der Waals surface area (Å²) in [5.41, 5.74) is 0. The topological polar surface area (TPSA) is 28.5 Å². The van der Waals surface area contributed by atoms with E-state index in [0.717, 1.165) is 0 Å². The fraction of sp³-hybridized carbons (Fsp3) is 0.250. The summed E-state index contributed by atoms with van der Waals surface area (Å²) in [5, 5.41) is 0. The average molecular weight is 246 g/mol. The molecule has 1 aromatic heterocycles. The number of nitrogens with zero attached hydrogens (tertiary/aromatic N) is 3. The second-order valence-electron chi connectivity index (χ2n) is 2.66. The molecule has 1 aromatic rings. The molecular formula is C8H9BrFN3. The monoisotopic (exact) mass is 245 g/mol. The van der Waals surface area contributed by atoms with E-state index < -0.39 is 0 Å². The van der Waals surface area contributed by atoms with Crippen molar-refractivity contribution in [2.75, 3.05) is 14.1 Å². The van der Waals surface area contributed by atoms with Gasteiger partial charge in [-0.15, -0.1) is 0 Å². The molecule has 0 aromatic carbocycles. The maximum Gasteiger partial charge on any atom is 0.156 e. The number of aromatic nitrogens is 1. The fourth-order valence-electron chi connectivity index (χ4n) is 0.649. The van der Waals surface area contributed by atoms with Gasteiger partial charge in [0.1, 0.15) is 5.82 Å². The minimum absolute atomic E-state index is 0.344. The predicted octanol–water partition coefficient (Wildman–Crippen LogP) is 2.20. The van der Waals surface area contributed by atoms with Gasteiger partial charge in [0.05, 0.1) is 10.8 Å². The maximum absolute atomic E-state index is 12.9. The molecule has 5 heteroatoms. The van der Waals surface area contributed by atoms with E-state index in [1.807, 2.05) is 14.1 Å². The zero-order valence-electron chi connectivity index (χ0n) is 7.33. The van der Waals surface area contributed by atoms with Gasteiger partial charge in [-0.05, 0) is 15.9 Å². The largest absolute Gasteiger partial charge is 0.369 e. The minimum atomic E-state index is -0.360. The smallest absolute Gasteiger partial charge is 0.156 e. The van der Waals surface area contributed by atoms with Crippen molar-refractivity contribution in [1.29, 1.82) is 0 Å². The van der Waals surface area contributed by atoms with Crippen LogP contribution in [0.15, 0.2) is 21.7 Å². The lowest BCUT2D eigenvalue weighted by Crippen LogP contribution is -2.07. The molecule has 0 saturated carbocycles. The van der Waals surface area contributed by atoms with E-state index in [-0.39, 0.29) is 5.82 Å². The lowest BCUT2D eigenvalue weighted by atomic mass is 10.4. The first-order chi connectivity index (χ1) is 6.09. The van der Waals surface area contributed by atoms with Crippen molar-refractivity contribution in [3.63, 3.8) is 0 Å². The standard InChI is InChI=1S/C8H9BrFN3/c1-13(2)5-12-8-3-7(10)6(9)4-11-8/h3-5H,1-2H3/b12-5-. The number of hydrogen-bond donors (Lipinski definition) is 0. The molecule has 0 N–H and O–H groups in total. The molecule has 0 aliphatic carbocycles. The van der Waals surface area contributed by atoms with Crippen molar-refractivity contribution in [1.82, 2.24) is 9.88 Å². The summed E-state index contributed by atoms with van der Waals surface area (Å²) in [6.45, 7) is 0. The van der Waals surface area contributed by atoms with E-state index in [2.05, 4.69) is 25.9 Å². The lowest BCUT2D eigenvalue weighted by Gasteiger charge is -2.01. The molecule has 0 radical (unpaired) electrons. The van der Waals surface area contributed by atoms with Crippen LogP contribution in [0.3, 0.4) is 0 Å². The van der Waals surface area contributed by atoms with Gasteiger partial charge in [-0.2, -0.15) is 0 Å². The molecule has 0 fully saturated rings. The van der Waals surface area contributed by atoms with Crippen LogP contribution in [0.1, 0.15) is 0 Å². The summed E-state index contributed by atoms with van der Waals surface area (Å²) in [6.07, 6.45) is 2.95. The molecule has 0 aliphatic rings. The third-order valence-electron chi connectivity index (χ3n) is 1.22. The van der Waals surface area contributed by atoms with Gasteiger partial charge in [0.25, 0.3) is 0 Å². The molecule has 1 rings (SSSR count). The highest BCUT2D eigenvalue weighted by atomic mass is 79.9. The highest BCUT2D eigenvalue weighted by molar-refractivity contribution is 9.10. The SMILES string of the molecule is CN(C)/C=N\c1cc(F)c(Br)cn1. The van der Waals surface area contributed by atoms with Crippen LogP contribution in [-0.2, 0) is 0 Å². The Balaban J connectivity index is 2.85. The first kappa shape index (κ1) is 10.1. The number of aliphatic imine (C=N–C) groups is 1. The number of rotatable bonds is 2. The Morgan fingerprint density at radius 2 is 2.31 bits per heavy atom. The summed E-state index contributed by atoms with van der Waals surface area (Å²) in [7, 11) is 3.66. The van der Waals surface area contributed by atoms with Gasteiger partial charge in [-0.3, -0.25) is 0 Å². The lowest BCUT2D eigenvalue weighted by molar-refractivity contribution is 0.618. The Morgan fingerprint density at radius 1 is 1.62 bits per heavy atom. The van der Waals surface area contributed by atoms with Crippen LogP contribution in [0.5, 0.6) is 0 Å². The number of halogens is 2. The van der Waals surface area contributed by atoms with Gasteiger partial charge >= 0.3 is 0 Å². The summed E-state index contributed by atoms with van der Waals surface area (Å²) in [6, 6.07) is 1.27. The predicted molar refractivity (Wildman–Crippen MR) is 53.7 cm³/mol. The fourth-order valence-corrected chi connectivity index (χ4v) is 0.866. The summed E-state index contributed by atoms with van der Waals surface area (Å²) >= 11 is 3.01. The number of hydrogen-bond acceptors (Lipinski definition) is 2. The Kier molecular flexibility index (Phi) is 3.36. The summed E-state index contributed by atoms with van der Waals surface area (Å²) in [5.74, 6) is -0.00435. The van der Waals surface area contributed by atoms with Crippen molar-refractivity contribution in [2.45, 2.75) is 0 Å². The molecule has 0 atom stereocenters. The molecule has 1 heterocycles. The van der Waals surface area contributed by atoms with Crippen molar-refractivity contribution in [3.8, 4) is 0 Å². The molecule has 0 unspecified atom stereocenters. The quantitative estimate of drug-likeness (QED) is 0.591. The Hall–Kier alpha value is -0.970. The molecule has 0 spiro atoms. The van der Waals surface area contributed by atoms with Crippen LogP contribution < -0.4 is 0 Å². The second kappa shape index (κ2) is 4.32. The van der Waals surface area contributed by atoms with Crippen LogP contribution in [0.4, 0.5) is 10.2 Å². The Labute approximate surface area is 84.4 Å². The third kappa shape index (κ3) is 3.10. The van der Waals surface area contributed by atoms with Crippen molar-refractivity contribution in [3.05, 3.63) is 22.6 Å². The van der Waals surface area contributed by atoms with Crippen LogP contribution in [0, 0.1) is 5.82 Å². The molecule has 0 amide bonds. The van der Waals surface area contributed by atoms with E-state index in [1.165, 1.54) is 12.3 Å². The second-order valence-corrected chi connectivity index (χ2v) is 3.52. The molecule has 0 aliphatic heterocycles. The van der Waals surface area contributed by atoms with Crippen molar-refractivity contribution >= 4 is 28.1 Å². The van der Waals surface area contributed by atoms with Gasteiger partial charge < -0.3 is 4.90 Å². The average Bonchev–Trinajstić information content (AvgIpc) is 2.07. The zero-order valence-corrected chi connectivity index (χ0v) is 8.92. The van der Waals surface area contributed by atoms with Crippen LogP contribution in [-0.4, -0.2) is 30.3 Å². The molecule has 3 nitrogen and oxygen atoms in total. The highest BCUT2D eigenvalue weighted by Crippen LogP contribution is 2.17. The van der Waals surface area contributed by atoms with Gasteiger partial charge in [-0.25, -0.2) is 14.4 Å². The van der Waals surface area contributed by atoms with Crippen LogP contribution in [0.25, 0.3) is 0 Å². The van der Waals surface area contributed by atoms with E-state index in [1.54, 1.807) is 11.2 Å². The Morgan fingerprint density at radius 3 is 2.85 bits per heavy atom. The van der Waals surface area contributed by atoms with E-state index >= 15 is 0 Å². The van der Waals surface area contributed by atoms with Crippen LogP contribution in [0.2, 0.25) is 0 Å². The van der Waals surface area contributed by atoms with Crippen LogP contribution >= 0.6 is 15.9 Å². The maximum atomic E-state index is 12.9. The molecule has 0 saturated heterocycles. The van der Waals surface area contributed by atoms with Crippen molar-refractivity contribution in [2.24, 2.45) is 4.99 Å². The first-order valence-corrected chi connectivity index (χ1v) is 4.40. The van der Waals surface area contributed by atoms with Gasteiger partial charge in [-0.1, -0.05) is 0 Å². The minimum Gasteiger partial charge on any atom is -0.369 e. The first-order valence-electron chi connectivity index (χ1n) is 3.61. The van der Waals surface area contributed by atoms with E-state index in [0.29, 0.717) is 10.3 Å². The molecule has 70 valence electrons. The van der Waals surface area contributed by atoms with Crippen molar-refractivity contribution < 1.29 is 4.39 Å². The van der Waals surface area contributed by atoms with Gasteiger partial charge in [0.2, 0.25) is 0 Å². The van der Waals surface area contributed by atoms with Gasteiger partial charge in [0.15, 0.2) is 5.82 Å². The van der Waals surface area contributed by atoms with E-state index in [9.17, 15) is 4.39 Å². The number of pyridine rings is 1. The molecule has 0 bridgehead atoms.